The van der Waals surface area contributed by atoms with Crippen LogP contribution in [0.2, 0.25) is 0 Å². The van der Waals surface area contributed by atoms with Crippen molar-refractivity contribution < 1.29 is 23.4 Å². The van der Waals surface area contributed by atoms with E-state index in [1.54, 1.807) is 18.2 Å². The van der Waals surface area contributed by atoms with E-state index in [2.05, 4.69) is 0 Å². The van der Waals surface area contributed by atoms with E-state index in [1.165, 1.54) is 6.92 Å². The Kier molecular flexibility index (Phi) is 3.51. The summed E-state index contributed by atoms with van der Waals surface area (Å²) in [6.07, 6.45) is -1.27. The largest absolute Gasteiger partial charge is 0.486 e. The second kappa shape index (κ2) is 5.33. The molecule has 21 heavy (non-hydrogen) atoms. The van der Waals surface area contributed by atoms with Crippen LogP contribution in [0.4, 0.5) is 8.78 Å². The van der Waals surface area contributed by atoms with Gasteiger partial charge < -0.3 is 14.6 Å². The number of rotatable bonds is 2. The smallest absolute Gasteiger partial charge is 0.161 e. The summed E-state index contributed by atoms with van der Waals surface area (Å²) in [4.78, 5) is 0. The van der Waals surface area contributed by atoms with Crippen molar-refractivity contribution >= 4 is 0 Å². The average molecular weight is 292 g/mol. The lowest BCUT2D eigenvalue weighted by atomic mass is 9.99. The standard InChI is InChI=1S/C16H14F2O3/c1-9-6-13(18)11(8-12(9)17)16(19)10-2-3-14-15(7-10)21-5-4-20-14/h2-3,6-8,16,19H,4-5H2,1H3. The SMILES string of the molecule is Cc1cc(F)c(C(O)c2ccc3c(c2)OCCO3)cc1F. The molecule has 2 aromatic rings. The van der Waals surface area contributed by atoms with Gasteiger partial charge in [0, 0.05) is 5.56 Å². The van der Waals surface area contributed by atoms with Gasteiger partial charge in [0.1, 0.15) is 31.0 Å². The van der Waals surface area contributed by atoms with Crippen LogP contribution in [-0.2, 0) is 0 Å². The Bertz CT molecular complexity index is 685. The molecule has 0 saturated carbocycles. The third-order valence-electron chi connectivity index (χ3n) is 3.45. The van der Waals surface area contributed by atoms with Gasteiger partial charge in [-0.05, 0) is 42.3 Å². The number of ether oxygens (including phenoxy) is 2. The monoisotopic (exact) mass is 292 g/mol. The summed E-state index contributed by atoms with van der Waals surface area (Å²) >= 11 is 0. The van der Waals surface area contributed by atoms with Crippen molar-refractivity contribution in [3.05, 3.63) is 58.7 Å². The molecule has 0 radical (unpaired) electrons. The minimum Gasteiger partial charge on any atom is -0.486 e. The molecule has 5 heteroatoms. The quantitative estimate of drug-likeness (QED) is 0.924. The van der Waals surface area contributed by atoms with Crippen LogP contribution in [0.25, 0.3) is 0 Å². The van der Waals surface area contributed by atoms with Crippen LogP contribution in [0, 0.1) is 18.6 Å². The first-order valence-electron chi connectivity index (χ1n) is 6.59. The van der Waals surface area contributed by atoms with Gasteiger partial charge in [-0.2, -0.15) is 0 Å². The van der Waals surface area contributed by atoms with E-state index < -0.39 is 17.7 Å². The Hall–Kier alpha value is -2.14. The van der Waals surface area contributed by atoms with Gasteiger partial charge in [-0.3, -0.25) is 0 Å². The Morgan fingerprint density at radius 2 is 1.71 bits per heavy atom. The molecular formula is C16H14F2O3. The zero-order chi connectivity index (χ0) is 15.0. The number of hydrogen-bond acceptors (Lipinski definition) is 3. The molecule has 0 bridgehead atoms. The molecule has 0 aliphatic carbocycles. The van der Waals surface area contributed by atoms with Crippen molar-refractivity contribution in [2.24, 2.45) is 0 Å². The Labute approximate surface area is 120 Å². The summed E-state index contributed by atoms with van der Waals surface area (Å²) in [5.74, 6) is -0.127. The third-order valence-corrected chi connectivity index (χ3v) is 3.45. The van der Waals surface area contributed by atoms with Gasteiger partial charge in [0.25, 0.3) is 0 Å². The Balaban J connectivity index is 1.98. The fourth-order valence-electron chi connectivity index (χ4n) is 2.28. The van der Waals surface area contributed by atoms with E-state index in [-0.39, 0.29) is 11.1 Å². The third kappa shape index (κ3) is 2.56. The molecule has 1 unspecified atom stereocenters. The first-order valence-corrected chi connectivity index (χ1v) is 6.59. The topological polar surface area (TPSA) is 38.7 Å². The molecule has 1 N–H and O–H groups in total. The molecule has 1 aliphatic rings. The molecule has 0 aromatic heterocycles. The highest BCUT2D eigenvalue weighted by atomic mass is 19.1. The van der Waals surface area contributed by atoms with Gasteiger partial charge in [-0.25, -0.2) is 8.78 Å². The maximum absolute atomic E-state index is 13.9. The van der Waals surface area contributed by atoms with Crippen molar-refractivity contribution in [2.45, 2.75) is 13.0 Å². The maximum atomic E-state index is 13.9. The lowest BCUT2D eigenvalue weighted by molar-refractivity contribution is 0.169. The van der Waals surface area contributed by atoms with E-state index >= 15 is 0 Å². The number of benzene rings is 2. The molecule has 0 saturated heterocycles. The van der Waals surface area contributed by atoms with Gasteiger partial charge in [0.15, 0.2) is 11.5 Å². The fourth-order valence-corrected chi connectivity index (χ4v) is 2.28. The van der Waals surface area contributed by atoms with Crippen LogP contribution < -0.4 is 9.47 Å². The van der Waals surface area contributed by atoms with Crippen LogP contribution in [0.5, 0.6) is 11.5 Å². The van der Waals surface area contributed by atoms with E-state index in [0.717, 1.165) is 12.1 Å². The van der Waals surface area contributed by atoms with Gasteiger partial charge in [-0.1, -0.05) is 6.07 Å². The number of aliphatic hydroxyl groups excluding tert-OH is 1. The van der Waals surface area contributed by atoms with Crippen LogP contribution in [0.1, 0.15) is 22.8 Å². The summed E-state index contributed by atoms with van der Waals surface area (Å²) in [5.41, 5.74) is 0.516. The highest BCUT2D eigenvalue weighted by Gasteiger charge is 2.20. The lowest BCUT2D eigenvalue weighted by Crippen LogP contribution is -2.15. The molecule has 1 atom stereocenters. The molecule has 1 heterocycles. The van der Waals surface area contributed by atoms with Gasteiger partial charge in [-0.15, -0.1) is 0 Å². The molecule has 110 valence electrons. The second-order valence-electron chi connectivity index (χ2n) is 4.93. The van der Waals surface area contributed by atoms with Crippen molar-refractivity contribution in [1.29, 1.82) is 0 Å². The normalized spacial score (nSPS) is 14.9. The number of hydrogen-bond donors (Lipinski definition) is 1. The molecule has 1 aliphatic heterocycles. The molecular weight excluding hydrogens is 278 g/mol. The van der Waals surface area contributed by atoms with Crippen LogP contribution in [-0.4, -0.2) is 18.3 Å². The summed E-state index contributed by atoms with van der Waals surface area (Å²) in [5, 5.41) is 10.3. The zero-order valence-electron chi connectivity index (χ0n) is 11.4. The van der Waals surface area contributed by atoms with Crippen molar-refractivity contribution in [1.82, 2.24) is 0 Å². The maximum Gasteiger partial charge on any atom is 0.161 e. The Morgan fingerprint density at radius 1 is 1.00 bits per heavy atom. The molecule has 0 spiro atoms. The minimum atomic E-state index is -1.27. The van der Waals surface area contributed by atoms with Crippen molar-refractivity contribution in [2.75, 3.05) is 13.2 Å². The highest BCUT2D eigenvalue weighted by molar-refractivity contribution is 5.46. The van der Waals surface area contributed by atoms with E-state index in [0.29, 0.717) is 30.3 Å². The molecule has 2 aromatic carbocycles. The minimum absolute atomic E-state index is 0.102. The summed E-state index contributed by atoms with van der Waals surface area (Å²) < 4.78 is 38.3. The molecule has 3 nitrogen and oxygen atoms in total. The molecule has 0 fully saturated rings. The predicted octanol–water partition coefficient (Wildman–Crippen LogP) is 3.13. The van der Waals surface area contributed by atoms with E-state index in [4.69, 9.17) is 9.47 Å². The van der Waals surface area contributed by atoms with Gasteiger partial charge in [0.2, 0.25) is 0 Å². The van der Waals surface area contributed by atoms with Crippen LogP contribution in [0.15, 0.2) is 30.3 Å². The lowest BCUT2D eigenvalue weighted by Gasteiger charge is -2.20. The number of halogens is 2. The van der Waals surface area contributed by atoms with E-state index in [9.17, 15) is 13.9 Å². The Morgan fingerprint density at radius 3 is 2.48 bits per heavy atom. The second-order valence-corrected chi connectivity index (χ2v) is 4.93. The molecule has 3 rings (SSSR count). The van der Waals surface area contributed by atoms with Gasteiger partial charge in [0.05, 0.1) is 0 Å². The van der Waals surface area contributed by atoms with Crippen molar-refractivity contribution in [3.63, 3.8) is 0 Å². The number of fused-ring (bicyclic) bond motifs is 1. The fraction of sp³-hybridized carbons (Fsp3) is 0.250. The van der Waals surface area contributed by atoms with Crippen molar-refractivity contribution in [3.8, 4) is 11.5 Å². The van der Waals surface area contributed by atoms with Crippen LogP contribution >= 0.6 is 0 Å². The predicted molar refractivity (Wildman–Crippen MR) is 72.6 cm³/mol. The first-order chi connectivity index (χ1) is 10.1. The molecule has 0 amide bonds. The average Bonchev–Trinajstić information content (AvgIpc) is 2.50. The van der Waals surface area contributed by atoms with E-state index in [1.807, 2.05) is 0 Å². The summed E-state index contributed by atoms with van der Waals surface area (Å²) in [7, 11) is 0. The highest BCUT2D eigenvalue weighted by Crippen LogP contribution is 2.35. The first kappa shape index (κ1) is 13.8. The number of aliphatic hydroxyl groups is 1. The van der Waals surface area contributed by atoms with Gasteiger partial charge >= 0.3 is 0 Å². The van der Waals surface area contributed by atoms with Crippen LogP contribution in [0.3, 0.4) is 0 Å². The number of aryl methyl sites for hydroxylation is 1. The summed E-state index contributed by atoms with van der Waals surface area (Å²) in [6, 6.07) is 6.93. The zero-order valence-corrected chi connectivity index (χ0v) is 11.4. The summed E-state index contributed by atoms with van der Waals surface area (Å²) in [6.45, 7) is 2.35.